The number of ether oxygens (including phenoxy) is 1. The highest BCUT2D eigenvalue weighted by Gasteiger charge is 2.25. The normalized spacial score (nSPS) is 19.6. The third-order valence-electron chi connectivity index (χ3n) is 5.23. The van der Waals surface area contributed by atoms with Crippen LogP contribution >= 0.6 is 0 Å². The topological polar surface area (TPSA) is 38.3 Å². The highest BCUT2D eigenvalue weighted by atomic mass is 16.5. The van der Waals surface area contributed by atoms with Crippen LogP contribution in [0.3, 0.4) is 0 Å². The van der Waals surface area contributed by atoms with Gasteiger partial charge in [0.15, 0.2) is 0 Å². The van der Waals surface area contributed by atoms with Crippen LogP contribution in [0.25, 0.3) is 0 Å². The Bertz CT molecular complexity index is 522. The molecule has 1 N–H and O–H groups in total. The van der Waals surface area contributed by atoms with Gasteiger partial charge in [-0.2, -0.15) is 0 Å². The minimum Gasteiger partial charge on any atom is -0.466 e. The first kappa shape index (κ1) is 23.7. The molecule has 1 aromatic rings. The van der Waals surface area contributed by atoms with Gasteiger partial charge in [-0.3, -0.25) is 4.79 Å². The van der Waals surface area contributed by atoms with Crippen molar-refractivity contribution in [2.75, 3.05) is 20.2 Å². The molecule has 3 heteroatoms. The first-order valence-electron chi connectivity index (χ1n) is 10.8. The number of rotatable bonds is 7. The van der Waals surface area contributed by atoms with Crippen molar-refractivity contribution in [2.24, 2.45) is 11.8 Å². The van der Waals surface area contributed by atoms with E-state index in [0.29, 0.717) is 30.8 Å². The minimum atomic E-state index is -0.0293. The average Bonchev–Trinajstić information content (AvgIpc) is 2.62. The van der Waals surface area contributed by atoms with Crippen molar-refractivity contribution in [3.63, 3.8) is 0 Å². The molecule has 27 heavy (non-hydrogen) atoms. The molecule has 0 bridgehead atoms. The van der Waals surface area contributed by atoms with Crippen LogP contribution in [0.5, 0.6) is 0 Å². The van der Waals surface area contributed by atoms with E-state index < -0.39 is 0 Å². The quantitative estimate of drug-likeness (QED) is 0.603. The highest BCUT2D eigenvalue weighted by molar-refractivity contribution is 5.69. The summed E-state index contributed by atoms with van der Waals surface area (Å²) in [5.41, 5.74) is 2.84. The van der Waals surface area contributed by atoms with Crippen molar-refractivity contribution >= 4 is 5.97 Å². The lowest BCUT2D eigenvalue weighted by Gasteiger charge is -2.29. The van der Waals surface area contributed by atoms with Gasteiger partial charge >= 0.3 is 5.97 Å². The van der Waals surface area contributed by atoms with Crippen molar-refractivity contribution in [3.05, 3.63) is 35.4 Å². The monoisotopic (exact) mass is 375 g/mol. The third kappa shape index (κ3) is 9.41. The summed E-state index contributed by atoms with van der Waals surface area (Å²) < 4.78 is 5.09. The van der Waals surface area contributed by atoms with Gasteiger partial charge in [0.2, 0.25) is 0 Å². The molecule has 0 heterocycles. The number of carbonyl (C=O) groups is 1. The summed E-state index contributed by atoms with van der Waals surface area (Å²) >= 11 is 0. The molecular weight excluding hydrogens is 334 g/mol. The van der Waals surface area contributed by atoms with Crippen LogP contribution in [0.4, 0.5) is 0 Å². The Hall–Kier alpha value is -1.35. The third-order valence-corrected chi connectivity index (χ3v) is 5.23. The predicted octanol–water partition coefficient (Wildman–Crippen LogP) is 5.90. The summed E-state index contributed by atoms with van der Waals surface area (Å²) in [5, 5.41) is 3.07. The predicted molar refractivity (Wildman–Crippen MR) is 115 cm³/mol. The van der Waals surface area contributed by atoms with Gasteiger partial charge in [-0.1, -0.05) is 58.4 Å². The standard InChI is InChI=1S/C19H28O2.C5H13N/c1-4-21-19(20)13-15-6-5-7-18(12-15)17-10-8-16(9-11-17)14(2)3;1-5(2)4-6-3/h8-11,14-15,18H,4-7,12-13H2,1-3H3;5-6H,4H2,1-3H3. The second-order valence-corrected chi connectivity index (χ2v) is 8.51. The van der Waals surface area contributed by atoms with Crippen LogP contribution in [-0.2, 0) is 9.53 Å². The number of hydrogen-bond acceptors (Lipinski definition) is 3. The Kier molecular flexibility index (Phi) is 11.3. The van der Waals surface area contributed by atoms with Gasteiger partial charge in [0, 0.05) is 6.42 Å². The lowest BCUT2D eigenvalue weighted by atomic mass is 9.76. The van der Waals surface area contributed by atoms with Crippen LogP contribution in [0.15, 0.2) is 24.3 Å². The fraction of sp³-hybridized carbons (Fsp3) is 0.708. The molecule has 2 atom stereocenters. The van der Waals surface area contributed by atoms with E-state index in [9.17, 15) is 4.79 Å². The molecule has 0 aliphatic heterocycles. The van der Waals surface area contributed by atoms with Gasteiger partial charge in [0.25, 0.3) is 0 Å². The lowest BCUT2D eigenvalue weighted by molar-refractivity contribution is -0.144. The van der Waals surface area contributed by atoms with Crippen molar-refractivity contribution in [1.82, 2.24) is 5.32 Å². The zero-order valence-electron chi connectivity index (χ0n) is 18.4. The maximum absolute atomic E-state index is 11.7. The summed E-state index contributed by atoms with van der Waals surface area (Å²) in [4.78, 5) is 11.7. The summed E-state index contributed by atoms with van der Waals surface area (Å²) in [5.74, 6) is 2.45. The van der Waals surface area contributed by atoms with E-state index in [-0.39, 0.29) is 5.97 Å². The maximum Gasteiger partial charge on any atom is 0.306 e. The van der Waals surface area contributed by atoms with Gasteiger partial charge in [-0.25, -0.2) is 0 Å². The van der Waals surface area contributed by atoms with E-state index in [2.05, 4.69) is 57.3 Å². The Morgan fingerprint density at radius 3 is 2.30 bits per heavy atom. The Labute approximate surface area is 167 Å². The zero-order chi connectivity index (χ0) is 20.2. The molecule has 1 saturated carbocycles. The van der Waals surface area contributed by atoms with Crippen molar-refractivity contribution in [3.8, 4) is 0 Å². The molecule has 0 saturated heterocycles. The molecular formula is C24H41NO2. The van der Waals surface area contributed by atoms with Crippen molar-refractivity contribution < 1.29 is 9.53 Å². The number of carbonyl (C=O) groups excluding carboxylic acids is 1. The first-order chi connectivity index (χ1) is 12.9. The molecule has 0 radical (unpaired) electrons. The molecule has 1 aliphatic rings. The number of hydrogen-bond donors (Lipinski definition) is 1. The number of esters is 1. The van der Waals surface area contributed by atoms with E-state index in [1.54, 1.807) is 0 Å². The smallest absolute Gasteiger partial charge is 0.306 e. The summed E-state index contributed by atoms with van der Waals surface area (Å²) in [6.07, 6.45) is 5.36. The van der Waals surface area contributed by atoms with Crippen LogP contribution in [0, 0.1) is 11.8 Å². The van der Waals surface area contributed by atoms with Gasteiger partial charge in [-0.15, -0.1) is 0 Å². The van der Waals surface area contributed by atoms with Crippen LogP contribution in [0.1, 0.15) is 89.7 Å². The molecule has 0 amide bonds. The Morgan fingerprint density at radius 2 is 1.81 bits per heavy atom. The molecule has 2 rings (SSSR count). The summed E-state index contributed by atoms with van der Waals surface area (Å²) in [6.45, 7) is 12.3. The first-order valence-corrected chi connectivity index (χ1v) is 10.8. The Balaban J connectivity index is 0.000000527. The van der Waals surface area contributed by atoms with Crippen molar-refractivity contribution in [1.29, 1.82) is 0 Å². The van der Waals surface area contributed by atoms with E-state index in [1.165, 1.54) is 30.4 Å². The van der Waals surface area contributed by atoms with Gasteiger partial charge in [0.1, 0.15) is 0 Å². The number of nitrogens with one attached hydrogen (secondary N) is 1. The SMILES string of the molecule is CCOC(=O)CC1CCCC(c2ccc(C(C)C)cc2)C1.CNCC(C)C. The summed E-state index contributed by atoms with van der Waals surface area (Å²) in [6, 6.07) is 9.09. The van der Waals surface area contributed by atoms with E-state index in [0.717, 1.165) is 18.9 Å². The fourth-order valence-corrected chi connectivity index (χ4v) is 3.80. The molecule has 0 aromatic heterocycles. The minimum absolute atomic E-state index is 0.0293. The molecule has 154 valence electrons. The van der Waals surface area contributed by atoms with Gasteiger partial charge < -0.3 is 10.1 Å². The molecule has 1 aliphatic carbocycles. The molecule has 0 spiro atoms. The molecule has 3 nitrogen and oxygen atoms in total. The van der Waals surface area contributed by atoms with Crippen LogP contribution in [0.2, 0.25) is 0 Å². The number of benzene rings is 1. The fourth-order valence-electron chi connectivity index (χ4n) is 3.80. The maximum atomic E-state index is 11.7. The van der Waals surface area contributed by atoms with Gasteiger partial charge in [-0.05, 0) is 74.6 Å². The highest BCUT2D eigenvalue weighted by Crippen LogP contribution is 2.38. The largest absolute Gasteiger partial charge is 0.466 e. The van der Waals surface area contributed by atoms with E-state index in [4.69, 9.17) is 4.74 Å². The summed E-state index contributed by atoms with van der Waals surface area (Å²) in [7, 11) is 1.97. The second-order valence-electron chi connectivity index (χ2n) is 8.51. The van der Waals surface area contributed by atoms with Gasteiger partial charge in [0.05, 0.1) is 6.61 Å². The van der Waals surface area contributed by atoms with Crippen LogP contribution < -0.4 is 5.32 Å². The van der Waals surface area contributed by atoms with E-state index in [1.807, 2.05) is 14.0 Å². The molecule has 2 unspecified atom stereocenters. The van der Waals surface area contributed by atoms with Crippen molar-refractivity contribution in [2.45, 2.75) is 78.6 Å². The van der Waals surface area contributed by atoms with Crippen LogP contribution in [-0.4, -0.2) is 26.2 Å². The zero-order valence-corrected chi connectivity index (χ0v) is 18.4. The second kappa shape index (κ2) is 12.9. The molecule has 1 fully saturated rings. The molecule has 1 aromatic carbocycles. The lowest BCUT2D eigenvalue weighted by Crippen LogP contribution is -2.18. The van der Waals surface area contributed by atoms with E-state index >= 15 is 0 Å². The average molecular weight is 376 g/mol. The Morgan fingerprint density at radius 1 is 1.15 bits per heavy atom.